The van der Waals surface area contributed by atoms with E-state index >= 15 is 0 Å². The van der Waals surface area contributed by atoms with Gasteiger partial charge in [-0.2, -0.15) is 0 Å². The van der Waals surface area contributed by atoms with Crippen LogP contribution >= 0.6 is 11.3 Å². The van der Waals surface area contributed by atoms with Crippen LogP contribution in [-0.4, -0.2) is 42.0 Å². The molecule has 2 aromatic heterocycles. The van der Waals surface area contributed by atoms with Gasteiger partial charge in [-0.1, -0.05) is 25.5 Å². The van der Waals surface area contributed by atoms with E-state index < -0.39 is 5.97 Å². The summed E-state index contributed by atoms with van der Waals surface area (Å²) in [6, 6.07) is 14.8. The Bertz CT molecular complexity index is 2060. The van der Waals surface area contributed by atoms with Gasteiger partial charge in [0.25, 0.3) is 11.8 Å². The first kappa shape index (κ1) is 33.6. The van der Waals surface area contributed by atoms with Crippen LogP contribution in [0.25, 0.3) is 21.6 Å². The fraction of sp³-hybridized carbons (Fsp3) is 0.415. The molecule has 2 aromatic carbocycles. The fourth-order valence-electron chi connectivity index (χ4n) is 9.88. The molecule has 9 rings (SSSR count). The highest BCUT2D eigenvalue weighted by Crippen LogP contribution is 2.62. The van der Waals surface area contributed by atoms with Crippen molar-refractivity contribution in [2.24, 2.45) is 23.0 Å². The lowest BCUT2D eigenvalue weighted by Gasteiger charge is -2.62. The van der Waals surface area contributed by atoms with Crippen molar-refractivity contribution in [3.05, 3.63) is 87.6 Å². The number of benzene rings is 2. The summed E-state index contributed by atoms with van der Waals surface area (Å²) in [5, 5.41) is 8.55. The summed E-state index contributed by atoms with van der Waals surface area (Å²) in [6.45, 7) is 5.07. The molecule has 0 radical (unpaired) electrons. The van der Waals surface area contributed by atoms with E-state index in [1.807, 2.05) is 42.6 Å². The molecule has 4 bridgehead atoms. The van der Waals surface area contributed by atoms with Gasteiger partial charge >= 0.3 is 5.97 Å². The number of anilines is 1. The molecular weight excluding hydrogens is 661 g/mol. The quantitative estimate of drug-likeness (QED) is 0.160. The Morgan fingerprint density at radius 3 is 2.53 bits per heavy atom. The number of fused-ring (bicyclic) bond motifs is 3. The first-order chi connectivity index (χ1) is 24.6. The SMILES string of the molecule is CCC12CC3CC(C1)CC(NC(=O)c1ccc(-c4cc5c(cc4C(=O)Nc4ccc(CN)cc4C)-c4sccc4CCO5)c(C(=O)OC)n1)(C3)C2. The molecule has 2 atom stereocenters. The smallest absolute Gasteiger partial charge is 0.357 e. The highest BCUT2D eigenvalue weighted by atomic mass is 32.1. The molecule has 0 saturated heterocycles. The molecule has 51 heavy (non-hydrogen) atoms. The van der Waals surface area contributed by atoms with E-state index in [2.05, 4.69) is 28.6 Å². The van der Waals surface area contributed by atoms with Crippen molar-refractivity contribution in [1.29, 1.82) is 0 Å². The lowest BCUT2D eigenvalue weighted by molar-refractivity contribution is -0.0795. The summed E-state index contributed by atoms with van der Waals surface area (Å²) in [7, 11) is 1.29. The van der Waals surface area contributed by atoms with Crippen molar-refractivity contribution in [2.75, 3.05) is 19.0 Å². The van der Waals surface area contributed by atoms with Gasteiger partial charge in [0.1, 0.15) is 11.4 Å². The molecule has 4 fully saturated rings. The van der Waals surface area contributed by atoms with Crippen LogP contribution in [0.15, 0.2) is 53.9 Å². The molecule has 4 aliphatic carbocycles. The van der Waals surface area contributed by atoms with Crippen LogP contribution in [-0.2, 0) is 17.7 Å². The Morgan fingerprint density at radius 2 is 1.80 bits per heavy atom. The van der Waals surface area contributed by atoms with Crippen molar-refractivity contribution in [3.8, 4) is 27.3 Å². The third kappa shape index (κ3) is 6.02. The number of nitrogens with two attached hydrogens (primary N) is 1. The molecule has 9 nitrogen and oxygen atoms in total. The lowest BCUT2D eigenvalue weighted by atomic mass is 9.46. The van der Waals surface area contributed by atoms with Crippen LogP contribution in [0, 0.1) is 24.2 Å². The number of carbonyl (C=O) groups is 3. The molecule has 0 spiro atoms. The summed E-state index contributed by atoms with van der Waals surface area (Å²) in [5.74, 6) is 0.541. The molecule has 4 aromatic rings. The predicted octanol–water partition coefficient (Wildman–Crippen LogP) is 7.70. The largest absolute Gasteiger partial charge is 0.493 e. The molecule has 3 heterocycles. The number of nitrogens with one attached hydrogen (secondary N) is 2. The van der Waals surface area contributed by atoms with Crippen LogP contribution in [0.1, 0.15) is 99.9 Å². The second-order valence-electron chi connectivity index (χ2n) is 15.2. The second kappa shape index (κ2) is 12.9. The van der Waals surface area contributed by atoms with Crippen molar-refractivity contribution in [1.82, 2.24) is 10.3 Å². The molecule has 10 heteroatoms. The first-order valence-electron chi connectivity index (χ1n) is 18.0. The van der Waals surface area contributed by atoms with Gasteiger partial charge in [-0.3, -0.25) is 9.59 Å². The minimum atomic E-state index is -0.699. The Labute approximate surface area is 302 Å². The predicted molar refractivity (Wildman–Crippen MR) is 198 cm³/mol. The average molecular weight is 705 g/mol. The molecule has 2 amide bonds. The fourth-order valence-corrected chi connectivity index (χ4v) is 10.9. The third-order valence-electron chi connectivity index (χ3n) is 11.9. The summed E-state index contributed by atoms with van der Waals surface area (Å²) in [4.78, 5) is 47.5. The van der Waals surface area contributed by atoms with Gasteiger partial charge in [-0.25, -0.2) is 9.78 Å². The molecule has 4 N–H and O–H groups in total. The highest BCUT2D eigenvalue weighted by Gasteiger charge is 2.57. The number of carbonyl (C=O) groups excluding carboxylic acids is 3. The highest BCUT2D eigenvalue weighted by molar-refractivity contribution is 7.13. The van der Waals surface area contributed by atoms with Gasteiger partial charge in [-0.15, -0.1) is 11.3 Å². The zero-order chi connectivity index (χ0) is 35.5. The third-order valence-corrected chi connectivity index (χ3v) is 12.9. The van der Waals surface area contributed by atoms with E-state index in [-0.39, 0.29) is 28.7 Å². The number of esters is 1. The average Bonchev–Trinajstić information content (AvgIpc) is 3.52. The number of hydrogen-bond acceptors (Lipinski definition) is 8. The van der Waals surface area contributed by atoms with Crippen LogP contribution in [0.2, 0.25) is 0 Å². The van der Waals surface area contributed by atoms with E-state index in [4.69, 9.17) is 15.2 Å². The normalized spacial score (nSPS) is 24.2. The number of amides is 2. The number of nitrogens with zero attached hydrogens (tertiary/aromatic N) is 1. The number of hydrogen-bond donors (Lipinski definition) is 3. The number of thiophene rings is 1. The van der Waals surface area contributed by atoms with Crippen LogP contribution in [0.5, 0.6) is 5.75 Å². The van der Waals surface area contributed by atoms with E-state index in [0.29, 0.717) is 58.5 Å². The minimum absolute atomic E-state index is 0.0383. The van der Waals surface area contributed by atoms with Gasteiger partial charge in [0.15, 0.2) is 5.69 Å². The van der Waals surface area contributed by atoms with Crippen LogP contribution in [0.4, 0.5) is 5.69 Å². The maximum atomic E-state index is 14.3. The van der Waals surface area contributed by atoms with E-state index in [9.17, 15) is 14.4 Å². The Balaban J connectivity index is 1.19. The molecule has 5 aliphatic rings. The van der Waals surface area contributed by atoms with E-state index in [0.717, 1.165) is 59.2 Å². The number of methoxy groups -OCH3 is 1. The molecule has 264 valence electrons. The lowest BCUT2D eigenvalue weighted by Crippen LogP contribution is -2.63. The van der Waals surface area contributed by atoms with Gasteiger partial charge in [0, 0.05) is 51.3 Å². The van der Waals surface area contributed by atoms with E-state index in [1.54, 1.807) is 23.5 Å². The zero-order valence-electron chi connectivity index (χ0n) is 29.4. The molecule has 4 saturated carbocycles. The Kier molecular flexibility index (Phi) is 8.50. The Morgan fingerprint density at radius 1 is 1.00 bits per heavy atom. The number of aryl methyl sites for hydroxylation is 1. The zero-order valence-corrected chi connectivity index (χ0v) is 30.2. The van der Waals surface area contributed by atoms with Crippen molar-refractivity contribution < 1.29 is 23.9 Å². The molecule has 2 unspecified atom stereocenters. The van der Waals surface area contributed by atoms with Crippen LogP contribution in [0.3, 0.4) is 0 Å². The van der Waals surface area contributed by atoms with Gasteiger partial charge in [-0.05, 0) is 121 Å². The van der Waals surface area contributed by atoms with Gasteiger partial charge in [0.05, 0.1) is 13.7 Å². The van der Waals surface area contributed by atoms with E-state index in [1.165, 1.54) is 26.4 Å². The topological polar surface area (TPSA) is 133 Å². The van der Waals surface area contributed by atoms with Gasteiger partial charge < -0.3 is 25.8 Å². The number of rotatable bonds is 8. The second-order valence-corrected chi connectivity index (χ2v) is 16.1. The summed E-state index contributed by atoms with van der Waals surface area (Å²) in [6.07, 6.45) is 8.60. The number of ether oxygens (including phenoxy) is 2. The van der Waals surface area contributed by atoms with Crippen molar-refractivity contribution in [2.45, 2.75) is 77.3 Å². The molecule has 1 aliphatic heterocycles. The molecular formula is C41H44N4O5S. The maximum Gasteiger partial charge on any atom is 0.357 e. The van der Waals surface area contributed by atoms with Gasteiger partial charge in [0.2, 0.25) is 0 Å². The van der Waals surface area contributed by atoms with Crippen LogP contribution < -0.4 is 21.1 Å². The maximum absolute atomic E-state index is 14.3. The summed E-state index contributed by atoms with van der Waals surface area (Å²) < 4.78 is 11.5. The number of aromatic nitrogens is 1. The summed E-state index contributed by atoms with van der Waals surface area (Å²) in [5.41, 5.74) is 11.6. The first-order valence-corrected chi connectivity index (χ1v) is 18.9. The number of pyridine rings is 1. The van der Waals surface area contributed by atoms with Crippen molar-refractivity contribution >= 4 is 34.8 Å². The van der Waals surface area contributed by atoms with Crippen molar-refractivity contribution in [3.63, 3.8) is 0 Å². The summed E-state index contributed by atoms with van der Waals surface area (Å²) >= 11 is 1.60. The standard InChI is InChI=1S/C41H44N4O5S/c1-4-40-17-25-14-26(18-40)20-41(19-25,22-40)45-38(47)33-8-6-28(35(43-33)39(48)49-3)29-16-34-31(36-27(9-11-50-34)10-12-51-36)15-30(29)37(46)44-32-7-5-24(21-42)13-23(32)2/h5-8,10,12-13,15-16,25-26H,4,9,11,14,17-22,42H2,1-3H3,(H,44,46)(H,45,47). The Hall–Kier alpha value is -4.54. The minimum Gasteiger partial charge on any atom is -0.493 e. The monoisotopic (exact) mass is 704 g/mol.